The van der Waals surface area contributed by atoms with Crippen LogP contribution in [-0.2, 0) is 6.54 Å². The molecule has 21 heavy (non-hydrogen) atoms. The number of rotatable bonds is 4. The van der Waals surface area contributed by atoms with Crippen LogP contribution in [0.5, 0.6) is 0 Å². The molecule has 0 aromatic carbocycles. The standard InChI is InChI=1S/C11H15F3N4O3/c12-11(13,14)7(19)5-18-9(6-1-3-15-4-2-6)8(10(20)21)16-17-18/h6-7,15,19H,1-5H2,(H,20,21). The van der Waals surface area contributed by atoms with Gasteiger partial charge < -0.3 is 15.5 Å². The number of carboxylic acid groups (broad SMARTS) is 1. The average molecular weight is 308 g/mol. The van der Waals surface area contributed by atoms with Crippen LogP contribution in [0.2, 0.25) is 0 Å². The molecule has 0 saturated carbocycles. The lowest BCUT2D eigenvalue weighted by molar-refractivity contribution is -0.208. The largest absolute Gasteiger partial charge is 0.476 e. The molecule has 1 fully saturated rings. The molecule has 2 rings (SSSR count). The van der Waals surface area contributed by atoms with Crippen LogP contribution in [0.1, 0.15) is 34.9 Å². The van der Waals surface area contributed by atoms with E-state index in [-0.39, 0.29) is 17.3 Å². The van der Waals surface area contributed by atoms with Crippen LogP contribution in [0.15, 0.2) is 0 Å². The van der Waals surface area contributed by atoms with Crippen LogP contribution in [0.25, 0.3) is 0 Å². The molecule has 0 spiro atoms. The molecule has 2 heterocycles. The van der Waals surface area contributed by atoms with Gasteiger partial charge in [0.2, 0.25) is 0 Å². The van der Waals surface area contributed by atoms with Gasteiger partial charge in [-0.05, 0) is 25.9 Å². The van der Waals surface area contributed by atoms with E-state index in [1.165, 1.54) is 0 Å². The van der Waals surface area contributed by atoms with E-state index >= 15 is 0 Å². The number of carboxylic acids is 1. The number of hydrogen-bond acceptors (Lipinski definition) is 5. The molecule has 1 atom stereocenters. The monoisotopic (exact) mass is 308 g/mol. The first-order chi connectivity index (χ1) is 9.80. The average Bonchev–Trinajstić information content (AvgIpc) is 2.82. The summed E-state index contributed by atoms with van der Waals surface area (Å²) in [6, 6.07) is 0. The summed E-state index contributed by atoms with van der Waals surface area (Å²) in [7, 11) is 0. The zero-order valence-electron chi connectivity index (χ0n) is 11.0. The highest BCUT2D eigenvalue weighted by molar-refractivity contribution is 5.86. The van der Waals surface area contributed by atoms with Crippen molar-refractivity contribution in [1.82, 2.24) is 20.3 Å². The fraction of sp³-hybridized carbons (Fsp3) is 0.727. The number of carbonyl (C=O) groups is 1. The Hall–Kier alpha value is -1.68. The molecule has 1 aromatic heterocycles. The minimum atomic E-state index is -4.79. The van der Waals surface area contributed by atoms with Crippen LogP contribution in [0.4, 0.5) is 13.2 Å². The lowest BCUT2D eigenvalue weighted by Gasteiger charge is -2.24. The maximum Gasteiger partial charge on any atom is 0.416 e. The van der Waals surface area contributed by atoms with Crippen molar-refractivity contribution in [3.05, 3.63) is 11.4 Å². The maximum absolute atomic E-state index is 12.4. The van der Waals surface area contributed by atoms with Gasteiger partial charge in [0.1, 0.15) is 0 Å². The van der Waals surface area contributed by atoms with Gasteiger partial charge >= 0.3 is 12.1 Å². The number of nitrogens with zero attached hydrogens (tertiary/aromatic N) is 3. The second-order valence-corrected chi connectivity index (χ2v) is 4.89. The summed E-state index contributed by atoms with van der Waals surface area (Å²) >= 11 is 0. The lowest BCUT2D eigenvalue weighted by Crippen LogP contribution is -2.35. The highest BCUT2D eigenvalue weighted by Crippen LogP contribution is 2.29. The SMILES string of the molecule is O=C(O)c1nnn(CC(O)C(F)(F)F)c1C1CCNCC1. The quantitative estimate of drug-likeness (QED) is 0.743. The van der Waals surface area contributed by atoms with Crippen molar-refractivity contribution in [1.29, 1.82) is 0 Å². The fourth-order valence-electron chi connectivity index (χ4n) is 2.37. The van der Waals surface area contributed by atoms with E-state index in [0.29, 0.717) is 25.9 Å². The Morgan fingerprint density at radius 3 is 2.57 bits per heavy atom. The lowest BCUT2D eigenvalue weighted by atomic mass is 9.93. The highest BCUT2D eigenvalue weighted by atomic mass is 19.4. The Labute approximate surface area is 117 Å². The number of piperidine rings is 1. The molecular weight excluding hydrogens is 293 g/mol. The summed E-state index contributed by atoms with van der Waals surface area (Å²) in [5.74, 6) is -1.58. The van der Waals surface area contributed by atoms with Crippen molar-refractivity contribution in [2.45, 2.75) is 37.6 Å². The molecule has 0 aliphatic carbocycles. The van der Waals surface area contributed by atoms with Crippen LogP contribution in [-0.4, -0.2) is 56.5 Å². The smallest absolute Gasteiger partial charge is 0.416 e. The number of alkyl halides is 3. The summed E-state index contributed by atoms with van der Waals surface area (Å²) in [5, 5.41) is 28.2. The Balaban J connectivity index is 2.30. The van der Waals surface area contributed by atoms with E-state index in [2.05, 4.69) is 15.6 Å². The van der Waals surface area contributed by atoms with Gasteiger partial charge in [-0.2, -0.15) is 13.2 Å². The second kappa shape index (κ2) is 5.98. The van der Waals surface area contributed by atoms with Crippen molar-refractivity contribution >= 4 is 5.97 Å². The van der Waals surface area contributed by atoms with Crippen molar-refractivity contribution in [2.24, 2.45) is 0 Å². The molecular formula is C11H15F3N4O3. The van der Waals surface area contributed by atoms with Crippen molar-refractivity contribution in [3.63, 3.8) is 0 Å². The predicted octanol–water partition coefficient (Wildman–Crippen LogP) is 0.366. The Bertz CT molecular complexity index is 511. The Morgan fingerprint density at radius 1 is 1.43 bits per heavy atom. The van der Waals surface area contributed by atoms with Crippen LogP contribution in [0.3, 0.4) is 0 Å². The van der Waals surface area contributed by atoms with Crippen molar-refractivity contribution < 1.29 is 28.2 Å². The van der Waals surface area contributed by atoms with E-state index in [1.807, 2.05) is 0 Å². The minimum Gasteiger partial charge on any atom is -0.476 e. The summed E-state index contributed by atoms with van der Waals surface area (Å²) in [4.78, 5) is 11.1. The zero-order chi connectivity index (χ0) is 15.6. The number of aliphatic hydroxyl groups excluding tert-OH is 1. The summed E-state index contributed by atoms with van der Waals surface area (Å²) < 4.78 is 38.2. The summed E-state index contributed by atoms with van der Waals surface area (Å²) in [6.45, 7) is 0.413. The third-order valence-electron chi connectivity index (χ3n) is 3.43. The zero-order valence-corrected chi connectivity index (χ0v) is 11.0. The molecule has 1 aliphatic rings. The molecule has 3 N–H and O–H groups in total. The van der Waals surface area contributed by atoms with Crippen molar-refractivity contribution in [2.75, 3.05) is 13.1 Å². The predicted molar refractivity (Wildman–Crippen MR) is 63.9 cm³/mol. The Morgan fingerprint density at radius 2 is 2.05 bits per heavy atom. The normalized spacial score (nSPS) is 18.7. The van der Waals surface area contributed by atoms with Gasteiger partial charge in [0.15, 0.2) is 11.8 Å². The third kappa shape index (κ3) is 3.50. The van der Waals surface area contributed by atoms with Gasteiger partial charge in [-0.25, -0.2) is 9.48 Å². The number of hydrogen-bond donors (Lipinski definition) is 3. The fourth-order valence-corrected chi connectivity index (χ4v) is 2.37. The first-order valence-electron chi connectivity index (χ1n) is 6.43. The number of nitrogens with one attached hydrogen (secondary N) is 1. The molecule has 1 unspecified atom stereocenters. The van der Waals surface area contributed by atoms with E-state index in [0.717, 1.165) is 4.68 Å². The third-order valence-corrected chi connectivity index (χ3v) is 3.43. The van der Waals surface area contributed by atoms with Gasteiger partial charge in [-0.3, -0.25) is 0 Å². The summed E-state index contributed by atoms with van der Waals surface area (Å²) in [6.07, 6.45) is -6.24. The van der Waals surface area contributed by atoms with Crippen molar-refractivity contribution in [3.8, 4) is 0 Å². The first-order valence-corrected chi connectivity index (χ1v) is 6.43. The number of aromatic nitrogens is 3. The maximum atomic E-state index is 12.4. The number of aromatic carboxylic acids is 1. The number of aliphatic hydroxyl groups is 1. The molecule has 10 heteroatoms. The minimum absolute atomic E-state index is 0.146. The van der Waals surface area contributed by atoms with E-state index in [4.69, 9.17) is 10.2 Å². The first kappa shape index (κ1) is 15.7. The second-order valence-electron chi connectivity index (χ2n) is 4.89. The van der Waals surface area contributed by atoms with Gasteiger partial charge in [-0.15, -0.1) is 5.10 Å². The Kier molecular flexibility index (Phi) is 4.47. The number of halogens is 3. The molecule has 0 amide bonds. The van der Waals surface area contributed by atoms with E-state index in [9.17, 15) is 18.0 Å². The molecule has 1 saturated heterocycles. The molecule has 118 valence electrons. The van der Waals surface area contributed by atoms with Gasteiger partial charge in [0, 0.05) is 5.92 Å². The van der Waals surface area contributed by atoms with Gasteiger partial charge in [-0.1, -0.05) is 5.21 Å². The molecule has 7 nitrogen and oxygen atoms in total. The highest BCUT2D eigenvalue weighted by Gasteiger charge is 2.40. The topological polar surface area (TPSA) is 100 Å². The summed E-state index contributed by atoms with van der Waals surface area (Å²) in [5.41, 5.74) is -0.205. The van der Waals surface area contributed by atoms with E-state index in [1.54, 1.807) is 0 Å². The van der Waals surface area contributed by atoms with Crippen LogP contribution < -0.4 is 5.32 Å². The molecule has 0 radical (unpaired) electrons. The molecule has 1 aliphatic heterocycles. The molecule has 1 aromatic rings. The van der Waals surface area contributed by atoms with Crippen LogP contribution >= 0.6 is 0 Å². The molecule has 0 bridgehead atoms. The van der Waals surface area contributed by atoms with Gasteiger partial charge in [0.25, 0.3) is 0 Å². The van der Waals surface area contributed by atoms with Gasteiger partial charge in [0.05, 0.1) is 12.2 Å². The van der Waals surface area contributed by atoms with E-state index < -0.39 is 24.8 Å². The van der Waals surface area contributed by atoms with Crippen LogP contribution in [0, 0.1) is 0 Å².